The Morgan fingerprint density at radius 2 is 1.78 bits per heavy atom. The number of esters is 1. The van der Waals surface area contributed by atoms with Gasteiger partial charge in [-0.1, -0.05) is 24.3 Å². The summed E-state index contributed by atoms with van der Waals surface area (Å²) >= 11 is 0. The number of benzene rings is 3. The van der Waals surface area contributed by atoms with Gasteiger partial charge in [0, 0.05) is 46.9 Å². The quantitative estimate of drug-likeness (QED) is 0.180. The lowest BCUT2D eigenvalue weighted by Crippen LogP contribution is -2.44. The van der Waals surface area contributed by atoms with Gasteiger partial charge in [0.15, 0.2) is 6.61 Å². The van der Waals surface area contributed by atoms with Crippen molar-refractivity contribution in [1.29, 1.82) is 0 Å². The van der Waals surface area contributed by atoms with E-state index in [1.54, 1.807) is 6.20 Å². The number of carbonyl (C=O) groups is 3. The molecule has 10 nitrogen and oxygen atoms in total. The number of anilines is 1. The van der Waals surface area contributed by atoms with E-state index in [4.69, 9.17) is 4.74 Å². The lowest BCUT2D eigenvalue weighted by Gasteiger charge is -2.18. The molecule has 3 N–H and O–H groups in total. The highest BCUT2D eigenvalue weighted by Crippen LogP contribution is 2.20. The van der Waals surface area contributed by atoms with Crippen LogP contribution < -0.4 is 10.6 Å². The standard InChI is InChI=1S/C26H21FN4O6/c27-18-10-8-16(9-11-18)25(33)30-23(12-17-14-28-22-7-2-1-6-21(17)22)26(34)37-15-24(32)29-19-4-3-5-20(13-19)31(35)36/h1-11,13-14,23,28H,12,15H2,(H,29,32)(H,30,33). The third-order valence-corrected chi connectivity index (χ3v) is 5.48. The van der Waals surface area contributed by atoms with Gasteiger partial charge >= 0.3 is 5.97 Å². The number of nitro groups is 1. The van der Waals surface area contributed by atoms with E-state index in [-0.39, 0.29) is 23.4 Å². The van der Waals surface area contributed by atoms with Crippen LogP contribution in [0.2, 0.25) is 0 Å². The van der Waals surface area contributed by atoms with Crippen molar-refractivity contribution in [2.75, 3.05) is 11.9 Å². The van der Waals surface area contributed by atoms with Crippen LogP contribution in [0.4, 0.5) is 15.8 Å². The van der Waals surface area contributed by atoms with Crippen LogP contribution in [0.1, 0.15) is 15.9 Å². The smallest absolute Gasteiger partial charge is 0.329 e. The number of aromatic amines is 1. The summed E-state index contributed by atoms with van der Waals surface area (Å²) in [4.78, 5) is 51.4. The Bertz CT molecular complexity index is 1470. The largest absolute Gasteiger partial charge is 0.454 e. The second-order valence-corrected chi connectivity index (χ2v) is 8.06. The molecule has 2 amide bonds. The predicted octanol–water partition coefficient (Wildman–Crippen LogP) is 3.74. The van der Waals surface area contributed by atoms with Crippen molar-refractivity contribution in [3.8, 4) is 0 Å². The van der Waals surface area contributed by atoms with Gasteiger partial charge in [0.25, 0.3) is 17.5 Å². The number of aromatic nitrogens is 1. The van der Waals surface area contributed by atoms with Crippen LogP contribution in [0.15, 0.2) is 79.0 Å². The topological polar surface area (TPSA) is 143 Å². The Kier molecular flexibility index (Phi) is 7.53. The Balaban J connectivity index is 1.46. The molecular weight excluding hydrogens is 483 g/mol. The molecule has 3 aromatic carbocycles. The lowest BCUT2D eigenvalue weighted by molar-refractivity contribution is -0.384. The zero-order valence-electron chi connectivity index (χ0n) is 19.3. The molecule has 0 saturated heterocycles. The fourth-order valence-corrected chi connectivity index (χ4v) is 3.69. The Hall–Kier alpha value is -5.06. The number of fused-ring (bicyclic) bond motifs is 1. The minimum atomic E-state index is -1.16. The molecule has 1 unspecified atom stereocenters. The normalized spacial score (nSPS) is 11.5. The number of nitrogens with zero attached hydrogens (tertiary/aromatic N) is 1. The number of para-hydroxylation sites is 1. The van der Waals surface area contributed by atoms with Crippen molar-refractivity contribution >= 4 is 40.1 Å². The van der Waals surface area contributed by atoms with Gasteiger partial charge in [-0.3, -0.25) is 19.7 Å². The minimum absolute atomic E-state index is 0.0578. The summed E-state index contributed by atoms with van der Waals surface area (Å²) in [5, 5.41) is 16.8. The summed E-state index contributed by atoms with van der Waals surface area (Å²) in [7, 11) is 0. The fraction of sp³-hybridized carbons (Fsp3) is 0.115. The number of nitrogens with one attached hydrogen (secondary N) is 3. The highest BCUT2D eigenvalue weighted by Gasteiger charge is 2.25. The number of rotatable bonds is 9. The Morgan fingerprint density at radius 3 is 2.54 bits per heavy atom. The molecule has 0 saturated carbocycles. The number of hydrogen-bond acceptors (Lipinski definition) is 6. The van der Waals surface area contributed by atoms with Crippen LogP contribution in [0.3, 0.4) is 0 Å². The lowest BCUT2D eigenvalue weighted by atomic mass is 10.0. The molecule has 37 heavy (non-hydrogen) atoms. The number of halogens is 1. The van der Waals surface area contributed by atoms with Crippen LogP contribution >= 0.6 is 0 Å². The molecule has 188 valence electrons. The average Bonchev–Trinajstić information content (AvgIpc) is 3.30. The maximum atomic E-state index is 13.3. The summed E-state index contributed by atoms with van der Waals surface area (Å²) in [6.07, 6.45) is 1.77. The first-order valence-electron chi connectivity index (χ1n) is 11.1. The van der Waals surface area contributed by atoms with Crippen LogP contribution in [0, 0.1) is 15.9 Å². The van der Waals surface area contributed by atoms with E-state index >= 15 is 0 Å². The third kappa shape index (κ3) is 6.34. The van der Waals surface area contributed by atoms with Gasteiger partial charge in [-0.05, 0) is 42.0 Å². The Morgan fingerprint density at radius 1 is 1.03 bits per heavy atom. The van der Waals surface area contributed by atoms with Crippen LogP contribution in [0.25, 0.3) is 10.9 Å². The van der Waals surface area contributed by atoms with E-state index < -0.39 is 41.2 Å². The van der Waals surface area contributed by atoms with Crippen LogP contribution in [-0.2, 0) is 20.7 Å². The van der Waals surface area contributed by atoms with Crippen molar-refractivity contribution in [1.82, 2.24) is 10.3 Å². The molecule has 4 rings (SSSR count). The molecular formula is C26H21FN4O6. The van der Waals surface area contributed by atoms with Gasteiger partial charge in [-0.15, -0.1) is 0 Å². The van der Waals surface area contributed by atoms with Crippen molar-refractivity contribution in [2.45, 2.75) is 12.5 Å². The van der Waals surface area contributed by atoms with E-state index in [0.29, 0.717) is 0 Å². The summed E-state index contributed by atoms with van der Waals surface area (Å²) in [5.74, 6) is -2.72. The van der Waals surface area contributed by atoms with Gasteiger partial charge in [0.2, 0.25) is 0 Å². The highest BCUT2D eigenvalue weighted by molar-refractivity contribution is 5.98. The van der Waals surface area contributed by atoms with E-state index in [1.165, 1.54) is 36.4 Å². The first-order valence-corrected chi connectivity index (χ1v) is 11.1. The number of non-ortho nitro benzene ring substituents is 1. The second-order valence-electron chi connectivity index (χ2n) is 8.06. The number of nitro benzene ring substituents is 1. The van der Waals surface area contributed by atoms with Gasteiger partial charge < -0.3 is 20.4 Å². The molecule has 11 heteroatoms. The van der Waals surface area contributed by atoms with Gasteiger partial charge in [-0.25, -0.2) is 9.18 Å². The van der Waals surface area contributed by atoms with Crippen LogP contribution in [-0.4, -0.2) is 40.3 Å². The molecule has 0 radical (unpaired) electrons. The third-order valence-electron chi connectivity index (χ3n) is 5.48. The Labute approximate surface area is 209 Å². The number of amides is 2. The van der Waals surface area contributed by atoms with Crippen molar-refractivity contribution in [2.24, 2.45) is 0 Å². The first kappa shape index (κ1) is 25.0. The highest BCUT2D eigenvalue weighted by atomic mass is 19.1. The maximum Gasteiger partial charge on any atom is 0.329 e. The van der Waals surface area contributed by atoms with E-state index in [9.17, 15) is 28.9 Å². The molecule has 0 spiro atoms. The SMILES string of the molecule is O=C(COC(=O)C(Cc1c[nH]c2ccccc12)NC(=O)c1ccc(F)cc1)Nc1cccc([N+](=O)[O-])c1. The summed E-state index contributed by atoms with van der Waals surface area (Å²) in [6, 6.07) is 16.4. The molecule has 4 aromatic rings. The van der Waals surface area contributed by atoms with Gasteiger partial charge in [0.1, 0.15) is 11.9 Å². The number of H-pyrrole nitrogens is 1. The minimum Gasteiger partial charge on any atom is -0.454 e. The van der Waals surface area contributed by atoms with Gasteiger partial charge in [-0.2, -0.15) is 0 Å². The molecule has 1 atom stereocenters. The second kappa shape index (κ2) is 11.1. The average molecular weight is 504 g/mol. The summed E-state index contributed by atoms with van der Waals surface area (Å²) in [6.45, 7) is -0.682. The fourth-order valence-electron chi connectivity index (χ4n) is 3.69. The first-order chi connectivity index (χ1) is 17.8. The molecule has 1 heterocycles. The zero-order chi connectivity index (χ0) is 26.4. The van der Waals surface area contributed by atoms with Crippen LogP contribution in [0.5, 0.6) is 0 Å². The number of hydrogen-bond donors (Lipinski definition) is 3. The molecule has 0 aliphatic rings. The summed E-state index contributed by atoms with van der Waals surface area (Å²) < 4.78 is 18.4. The molecule has 1 aromatic heterocycles. The van der Waals surface area contributed by atoms with Crippen molar-refractivity contribution in [3.05, 3.63) is 106 Å². The van der Waals surface area contributed by atoms with Crippen molar-refractivity contribution in [3.63, 3.8) is 0 Å². The van der Waals surface area contributed by atoms with E-state index in [1.807, 2.05) is 24.3 Å². The molecule has 0 fully saturated rings. The van der Waals surface area contributed by atoms with Gasteiger partial charge in [0.05, 0.1) is 4.92 Å². The van der Waals surface area contributed by atoms with E-state index in [2.05, 4.69) is 15.6 Å². The summed E-state index contributed by atoms with van der Waals surface area (Å²) in [5.41, 5.74) is 1.66. The maximum absolute atomic E-state index is 13.3. The predicted molar refractivity (Wildman–Crippen MR) is 132 cm³/mol. The van der Waals surface area contributed by atoms with Crippen molar-refractivity contribution < 1.29 is 28.4 Å². The molecule has 0 aliphatic carbocycles. The number of ether oxygens (including phenoxy) is 1. The number of carbonyl (C=O) groups excluding carboxylic acids is 3. The molecule has 0 aliphatic heterocycles. The molecule has 0 bridgehead atoms. The zero-order valence-corrected chi connectivity index (χ0v) is 19.3. The monoisotopic (exact) mass is 504 g/mol. The van der Waals surface area contributed by atoms with E-state index in [0.717, 1.165) is 28.6 Å².